The van der Waals surface area contributed by atoms with Crippen LogP contribution in [0.2, 0.25) is 5.02 Å². The highest BCUT2D eigenvalue weighted by Crippen LogP contribution is 2.21. The van der Waals surface area contributed by atoms with Crippen LogP contribution in [0.1, 0.15) is 13.3 Å². The number of hydrogen-bond acceptors (Lipinski definition) is 6. The number of halogens is 1. The number of rotatable bonds is 10. The van der Waals surface area contributed by atoms with Crippen molar-refractivity contribution in [3.8, 4) is 11.5 Å². The molecular weight excluding hydrogens is 456 g/mol. The Bertz CT molecular complexity index is 994. The summed E-state index contributed by atoms with van der Waals surface area (Å²) in [6.45, 7) is 3.86. The average Bonchev–Trinajstić information content (AvgIpc) is 2.81. The van der Waals surface area contributed by atoms with Gasteiger partial charge in [0.2, 0.25) is 10.0 Å². The maximum Gasteiger partial charge on any atom is 0.261 e. The molecule has 1 N–H and O–H groups in total. The Morgan fingerprint density at radius 1 is 1.16 bits per heavy atom. The normalized spacial score (nSPS) is 15.7. The minimum absolute atomic E-state index is 0.212. The quantitative estimate of drug-likeness (QED) is 0.523. The van der Waals surface area contributed by atoms with Crippen LogP contribution in [0.15, 0.2) is 53.4 Å². The van der Waals surface area contributed by atoms with Gasteiger partial charge in [0.05, 0.1) is 24.7 Å². The van der Waals surface area contributed by atoms with Gasteiger partial charge in [0.25, 0.3) is 5.91 Å². The number of amides is 1. The molecule has 0 aromatic heterocycles. The zero-order valence-electron chi connectivity index (χ0n) is 17.8. The molecule has 0 aliphatic carbocycles. The summed E-state index contributed by atoms with van der Waals surface area (Å²) in [6.07, 6.45) is -0.142. The first-order valence-electron chi connectivity index (χ1n) is 10.4. The van der Waals surface area contributed by atoms with Crippen LogP contribution in [-0.4, -0.2) is 64.2 Å². The van der Waals surface area contributed by atoms with Crippen LogP contribution in [0.5, 0.6) is 11.5 Å². The second-order valence-electron chi connectivity index (χ2n) is 7.10. The Morgan fingerprint density at radius 2 is 1.88 bits per heavy atom. The zero-order valence-corrected chi connectivity index (χ0v) is 19.4. The van der Waals surface area contributed by atoms with Crippen LogP contribution < -0.4 is 14.8 Å². The standard InChI is InChI=1S/C22H27ClN2O6S/c1-2-21(31-19-5-3-4-17(23)16-19)22(26)24-10-13-30-18-6-8-20(9-7-18)32(27,28)25-11-14-29-15-12-25/h3-9,16,21H,2,10-15H2,1H3,(H,24,26)/t21-/m1/s1. The van der Waals surface area contributed by atoms with Crippen molar-refractivity contribution in [1.29, 1.82) is 0 Å². The number of benzene rings is 2. The summed E-state index contributed by atoms with van der Waals surface area (Å²) >= 11 is 5.95. The van der Waals surface area contributed by atoms with Crippen LogP contribution in [-0.2, 0) is 19.6 Å². The summed E-state index contributed by atoms with van der Waals surface area (Å²) in [6, 6.07) is 13.1. The van der Waals surface area contributed by atoms with E-state index in [0.717, 1.165) is 0 Å². The van der Waals surface area contributed by atoms with E-state index in [0.29, 0.717) is 49.2 Å². The molecular formula is C22H27ClN2O6S. The SMILES string of the molecule is CC[C@@H](Oc1cccc(Cl)c1)C(=O)NCCOc1ccc(S(=O)(=O)N2CCOCC2)cc1. The molecule has 1 amide bonds. The number of ether oxygens (including phenoxy) is 3. The molecule has 1 heterocycles. The molecule has 0 saturated carbocycles. The fraction of sp³-hybridized carbons (Fsp3) is 0.409. The lowest BCUT2D eigenvalue weighted by molar-refractivity contribution is -0.128. The van der Waals surface area contributed by atoms with Crippen molar-refractivity contribution in [1.82, 2.24) is 9.62 Å². The van der Waals surface area contributed by atoms with E-state index in [1.54, 1.807) is 36.4 Å². The van der Waals surface area contributed by atoms with Crippen molar-refractivity contribution < 1.29 is 27.4 Å². The van der Waals surface area contributed by atoms with E-state index in [9.17, 15) is 13.2 Å². The number of sulfonamides is 1. The lowest BCUT2D eigenvalue weighted by Crippen LogP contribution is -2.40. The lowest BCUT2D eigenvalue weighted by atomic mass is 10.2. The van der Waals surface area contributed by atoms with Crippen molar-refractivity contribution >= 4 is 27.5 Å². The molecule has 32 heavy (non-hydrogen) atoms. The third-order valence-electron chi connectivity index (χ3n) is 4.84. The van der Waals surface area contributed by atoms with Crippen LogP contribution in [0.3, 0.4) is 0 Å². The molecule has 1 aliphatic rings. The average molecular weight is 483 g/mol. The highest BCUT2D eigenvalue weighted by Gasteiger charge is 2.26. The number of hydrogen-bond donors (Lipinski definition) is 1. The van der Waals surface area contributed by atoms with Crippen LogP contribution in [0.4, 0.5) is 0 Å². The van der Waals surface area contributed by atoms with E-state index in [2.05, 4.69) is 5.32 Å². The minimum atomic E-state index is -3.54. The number of carbonyl (C=O) groups excluding carboxylic acids is 1. The zero-order chi connectivity index (χ0) is 23.0. The van der Waals surface area contributed by atoms with E-state index in [1.807, 2.05) is 6.92 Å². The van der Waals surface area contributed by atoms with Crippen molar-refractivity contribution in [2.45, 2.75) is 24.3 Å². The first-order valence-corrected chi connectivity index (χ1v) is 12.2. The second kappa shape index (κ2) is 11.5. The lowest BCUT2D eigenvalue weighted by Gasteiger charge is -2.26. The van der Waals surface area contributed by atoms with Gasteiger partial charge in [-0.2, -0.15) is 4.31 Å². The second-order valence-corrected chi connectivity index (χ2v) is 9.47. The number of nitrogens with zero attached hydrogens (tertiary/aromatic N) is 1. The monoisotopic (exact) mass is 482 g/mol. The third-order valence-corrected chi connectivity index (χ3v) is 6.99. The summed E-state index contributed by atoms with van der Waals surface area (Å²) in [5, 5.41) is 3.32. The molecule has 10 heteroatoms. The van der Waals surface area contributed by atoms with Gasteiger partial charge in [-0.1, -0.05) is 24.6 Å². The van der Waals surface area contributed by atoms with Gasteiger partial charge < -0.3 is 19.5 Å². The fourth-order valence-corrected chi connectivity index (χ4v) is 4.72. The van der Waals surface area contributed by atoms with Gasteiger partial charge in [-0.3, -0.25) is 4.79 Å². The Kier molecular flexibility index (Phi) is 8.75. The molecule has 0 bridgehead atoms. The van der Waals surface area contributed by atoms with Crippen LogP contribution in [0.25, 0.3) is 0 Å². The van der Waals surface area contributed by atoms with Gasteiger partial charge in [0.1, 0.15) is 18.1 Å². The number of nitrogens with one attached hydrogen (secondary N) is 1. The summed E-state index contributed by atoms with van der Waals surface area (Å²) in [4.78, 5) is 12.6. The first-order chi connectivity index (χ1) is 15.4. The van der Waals surface area contributed by atoms with Gasteiger partial charge in [-0.15, -0.1) is 0 Å². The van der Waals surface area contributed by atoms with Crippen LogP contribution >= 0.6 is 11.6 Å². The minimum Gasteiger partial charge on any atom is -0.492 e. The predicted octanol–water partition coefficient (Wildman–Crippen LogP) is 2.71. The van der Waals surface area contributed by atoms with E-state index in [1.165, 1.54) is 16.4 Å². The smallest absolute Gasteiger partial charge is 0.261 e. The van der Waals surface area contributed by atoms with E-state index in [-0.39, 0.29) is 24.0 Å². The molecule has 1 saturated heterocycles. The van der Waals surface area contributed by atoms with E-state index >= 15 is 0 Å². The van der Waals surface area contributed by atoms with Crippen molar-refractivity contribution in [3.63, 3.8) is 0 Å². The molecule has 1 aliphatic heterocycles. The van der Waals surface area contributed by atoms with E-state index < -0.39 is 16.1 Å². The molecule has 2 aromatic carbocycles. The van der Waals surface area contributed by atoms with E-state index in [4.69, 9.17) is 25.8 Å². The topological polar surface area (TPSA) is 94.2 Å². The molecule has 1 fully saturated rings. The molecule has 0 radical (unpaired) electrons. The Balaban J connectivity index is 1.45. The van der Waals surface area contributed by atoms with Crippen molar-refractivity contribution in [2.24, 2.45) is 0 Å². The Labute approximate surface area is 193 Å². The Morgan fingerprint density at radius 3 is 2.53 bits per heavy atom. The molecule has 2 aromatic rings. The molecule has 0 spiro atoms. The van der Waals surface area contributed by atoms with Crippen LogP contribution in [0, 0.1) is 0 Å². The summed E-state index contributed by atoms with van der Waals surface area (Å²) in [5.74, 6) is 0.799. The fourth-order valence-electron chi connectivity index (χ4n) is 3.13. The molecule has 8 nitrogen and oxygen atoms in total. The summed E-state index contributed by atoms with van der Waals surface area (Å²) in [7, 11) is -3.54. The predicted molar refractivity (Wildman–Crippen MR) is 121 cm³/mol. The molecule has 1 atom stereocenters. The summed E-state index contributed by atoms with van der Waals surface area (Å²) in [5.41, 5.74) is 0. The van der Waals surface area contributed by atoms with Gasteiger partial charge in [-0.25, -0.2) is 8.42 Å². The van der Waals surface area contributed by atoms with Gasteiger partial charge in [0, 0.05) is 18.1 Å². The van der Waals surface area contributed by atoms with Gasteiger partial charge >= 0.3 is 0 Å². The highest BCUT2D eigenvalue weighted by atomic mass is 35.5. The number of morpholine rings is 1. The maximum absolute atomic E-state index is 12.6. The highest BCUT2D eigenvalue weighted by molar-refractivity contribution is 7.89. The van der Waals surface area contributed by atoms with Crippen molar-refractivity contribution in [2.75, 3.05) is 39.5 Å². The largest absolute Gasteiger partial charge is 0.492 e. The van der Waals surface area contributed by atoms with Gasteiger partial charge in [-0.05, 0) is 48.9 Å². The summed E-state index contributed by atoms with van der Waals surface area (Å²) < 4.78 is 43.2. The number of carbonyl (C=O) groups is 1. The maximum atomic E-state index is 12.6. The molecule has 174 valence electrons. The first kappa shape index (κ1) is 24.3. The molecule has 0 unspecified atom stereocenters. The third kappa shape index (κ3) is 6.59. The van der Waals surface area contributed by atoms with Crippen molar-refractivity contribution in [3.05, 3.63) is 53.6 Å². The molecule has 3 rings (SSSR count). The van der Waals surface area contributed by atoms with Gasteiger partial charge in [0.15, 0.2) is 6.10 Å². The Hall–Kier alpha value is -2.33.